The number of fused-ring (bicyclic) bond motifs is 1. The topological polar surface area (TPSA) is 82.8 Å². The van der Waals surface area contributed by atoms with E-state index in [2.05, 4.69) is 12.1 Å². The fourth-order valence-corrected chi connectivity index (χ4v) is 5.69. The zero-order chi connectivity index (χ0) is 31.2. The number of methoxy groups -OCH3 is 1. The van der Waals surface area contributed by atoms with Crippen LogP contribution >= 0.6 is 0 Å². The SMILES string of the molecule is COc1cc(Cn2c(=O)c3cc(OC(CF)CF)c(F)cc3n(C3CCN(C=O)CC3)c2=O)ccc1CCc1ccccc1. The molecule has 0 unspecified atom stereocenters. The van der Waals surface area contributed by atoms with Crippen LogP contribution in [0.4, 0.5) is 13.2 Å². The molecule has 232 valence electrons. The number of aromatic nitrogens is 2. The maximum absolute atomic E-state index is 15.2. The molecule has 2 heterocycles. The lowest BCUT2D eigenvalue weighted by atomic mass is 10.0. The lowest BCUT2D eigenvalue weighted by Gasteiger charge is -2.31. The first kappa shape index (κ1) is 30.9. The molecule has 0 saturated carbocycles. The van der Waals surface area contributed by atoms with Crippen molar-refractivity contribution in [2.24, 2.45) is 0 Å². The summed E-state index contributed by atoms with van der Waals surface area (Å²) < 4.78 is 54.8. The largest absolute Gasteiger partial charge is 0.496 e. The second-order valence-electron chi connectivity index (χ2n) is 10.9. The Kier molecular flexibility index (Phi) is 9.72. The summed E-state index contributed by atoms with van der Waals surface area (Å²) in [5, 5.41) is -0.0262. The van der Waals surface area contributed by atoms with Gasteiger partial charge in [-0.3, -0.25) is 18.7 Å². The molecule has 1 aromatic heterocycles. The van der Waals surface area contributed by atoms with E-state index in [4.69, 9.17) is 9.47 Å². The highest BCUT2D eigenvalue weighted by atomic mass is 19.1. The smallest absolute Gasteiger partial charge is 0.332 e. The third-order valence-electron chi connectivity index (χ3n) is 8.09. The van der Waals surface area contributed by atoms with Crippen LogP contribution in [0.25, 0.3) is 10.9 Å². The van der Waals surface area contributed by atoms with E-state index in [9.17, 15) is 23.2 Å². The molecule has 0 atom stereocenters. The van der Waals surface area contributed by atoms with Gasteiger partial charge >= 0.3 is 5.69 Å². The van der Waals surface area contributed by atoms with Gasteiger partial charge in [0, 0.05) is 25.2 Å². The Bertz CT molecular complexity index is 1730. The normalized spacial score (nSPS) is 13.9. The number of halogens is 3. The van der Waals surface area contributed by atoms with Crippen molar-refractivity contribution in [3.8, 4) is 11.5 Å². The number of likely N-dealkylation sites (tertiary alicyclic amines) is 1. The average Bonchev–Trinajstić information content (AvgIpc) is 3.06. The molecule has 5 rings (SSSR count). The van der Waals surface area contributed by atoms with E-state index >= 15 is 4.39 Å². The van der Waals surface area contributed by atoms with Crippen LogP contribution in [0.1, 0.15) is 35.6 Å². The number of amides is 1. The number of benzene rings is 3. The minimum atomic E-state index is -1.53. The summed E-state index contributed by atoms with van der Waals surface area (Å²) in [5.74, 6) is -0.808. The minimum Gasteiger partial charge on any atom is -0.496 e. The molecule has 1 aliphatic rings. The van der Waals surface area contributed by atoms with Crippen LogP contribution in [0, 0.1) is 5.82 Å². The van der Waals surface area contributed by atoms with Crippen molar-refractivity contribution in [1.29, 1.82) is 0 Å². The molecule has 1 amide bonds. The van der Waals surface area contributed by atoms with Gasteiger partial charge in [0.25, 0.3) is 5.56 Å². The van der Waals surface area contributed by atoms with E-state index in [-0.39, 0.29) is 17.4 Å². The highest BCUT2D eigenvalue weighted by Crippen LogP contribution is 2.29. The number of alkyl halides is 2. The Labute approximate surface area is 252 Å². The van der Waals surface area contributed by atoms with Gasteiger partial charge in [0.1, 0.15) is 19.1 Å². The van der Waals surface area contributed by atoms with Gasteiger partial charge in [-0.2, -0.15) is 0 Å². The third kappa shape index (κ3) is 6.51. The maximum Gasteiger partial charge on any atom is 0.332 e. The number of hydrogen-bond donors (Lipinski definition) is 0. The predicted molar refractivity (Wildman–Crippen MR) is 161 cm³/mol. The molecule has 0 N–H and O–H groups in total. The molecule has 1 saturated heterocycles. The van der Waals surface area contributed by atoms with Gasteiger partial charge < -0.3 is 14.4 Å². The Morgan fingerprint density at radius 3 is 2.32 bits per heavy atom. The molecule has 11 heteroatoms. The van der Waals surface area contributed by atoms with Gasteiger partial charge in [-0.25, -0.2) is 18.0 Å². The monoisotopic (exact) mass is 609 g/mol. The van der Waals surface area contributed by atoms with E-state index in [1.807, 2.05) is 30.3 Å². The summed E-state index contributed by atoms with van der Waals surface area (Å²) in [5.41, 5.74) is 1.53. The van der Waals surface area contributed by atoms with Crippen LogP contribution in [-0.2, 0) is 24.2 Å². The summed E-state index contributed by atoms with van der Waals surface area (Å²) in [4.78, 5) is 40.6. The molecule has 0 radical (unpaired) electrons. The zero-order valence-electron chi connectivity index (χ0n) is 24.4. The summed E-state index contributed by atoms with van der Waals surface area (Å²) >= 11 is 0. The van der Waals surface area contributed by atoms with E-state index < -0.39 is 48.3 Å². The van der Waals surface area contributed by atoms with Crippen LogP contribution < -0.4 is 20.7 Å². The number of carbonyl (C=O) groups excluding carboxylic acids is 1. The lowest BCUT2D eigenvalue weighted by Crippen LogP contribution is -2.44. The van der Waals surface area contributed by atoms with Crippen LogP contribution in [-0.4, -0.2) is 60.1 Å². The van der Waals surface area contributed by atoms with Crippen LogP contribution in [0.5, 0.6) is 11.5 Å². The second kappa shape index (κ2) is 13.8. The summed E-state index contributed by atoms with van der Waals surface area (Å²) in [7, 11) is 1.56. The standard InChI is InChI=1S/C33H34F3N3O5/c1-43-30-15-23(8-10-24(30)9-7-22-5-3-2-4-6-22)20-38-32(41)27-16-31(44-26(18-34)19-35)28(36)17-29(27)39(33(38)42)25-11-13-37(21-40)14-12-25/h2-6,8,10,15-17,21,25-26H,7,9,11-14,18-20H2,1H3. The van der Waals surface area contributed by atoms with Crippen molar-refractivity contribution < 1.29 is 27.4 Å². The molecule has 4 aromatic rings. The fraction of sp³-hybridized carbons (Fsp3) is 0.364. The average molecular weight is 610 g/mol. The van der Waals surface area contributed by atoms with Gasteiger partial charge in [0.15, 0.2) is 17.7 Å². The molecule has 44 heavy (non-hydrogen) atoms. The molecule has 0 spiro atoms. The second-order valence-corrected chi connectivity index (χ2v) is 10.9. The molecule has 1 fully saturated rings. The van der Waals surface area contributed by atoms with Crippen molar-refractivity contribution in [3.05, 3.63) is 104 Å². The fourth-order valence-electron chi connectivity index (χ4n) is 5.69. The van der Waals surface area contributed by atoms with Crippen molar-refractivity contribution >= 4 is 17.3 Å². The first-order valence-corrected chi connectivity index (χ1v) is 14.5. The Hall–Kier alpha value is -4.54. The van der Waals surface area contributed by atoms with Crippen LogP contribution in [0.3, 0.4) is 0 Å². The molecule has 0 aliphatic carbocycles. The summed E-state index contributed by atoms with van der Waals surface area (Å²) in [6.45, 7) is -1.68. The maximum atomic E-state index is 15.2. The molecule has 0 bridgehead atoms. The highest BCUT2D eigenvalue weighted by Gasteiger charge is 2.26. The van der Waals surface area contributed by atoms with Gasteiger partial charge in [-0.15, -0.1) is 0 Å². The van der Waals surface area contributed by atoms with Crippen LogP contribution in [0.2, 0.25) is 0 Å². The van der Waals surface area contributed by atoms with Crippen molar-refractivity contribution in [3.63, 3.8) is 0 Å². The number of ether oxygens (including phenoxy) is 2. The third-order valence-corrected chi connectivity index (χ3v) is 8.09. The minimum absolute atomic E-state index is 0.0262. The number of piperidine rings is 1. The van der Waals surface area contributed by atoms with Crippen molar-refractivity contribution in [2.45, 2.75) is 44.4 Å². The van der Waals surface area contributed by atoms with E-state index in [1.165, 1.54) is 10.1 Å². The summed E-state index contributed by atoms with van der Waals surface area (Å²) in [6.07, 6.45) is 1.58. The quantitative estimate of drug-likeness (QED) is 0.219. The number of hydrogen-bond acceptors (Lipinski definition) is 5. The molecule has 3 aromatic carbocycles. The number of carbonyl (C=O) groups is 1. The number of aryl methyl sites for hydroxylation is 2. The number of nitrogens with zero attached hydrogens (tertiary/aromatic N) is 3. The predicted octanol–water partition coefficient (Wildman–Crippen LogP) is 4.62. The molecule has 1 aliphatic heterocycles. The van der Waals surface area contributed by atoms with E-state index in [0.29, 0.717) is 37.2 Å². The highest BCUT2D eigenvalue weighted by molar-refractivity contribution is 5.80. The number of rotatable bonds is 12. The van der Waals surface area contributed by atoms with Crippen LogP contribution in [0.15, 0.2) is 70.3 Å². The lowest BCUT2D eigenvalue weighted by molar-refractivity contribution is -0.119. The molecule has 8 nitrogen and oxygen atoms in total. The Balaban J connectivity index is 1.56. The van der Waals surface area contributed by atoms with Crippen molar-refractivity contribution in [2.75, 3.05) is 33.5 Å². The zero-order valence-corrected chi connectivity index (χ0v) is 24.4. The Morgan fingerprint density at radius 1 is 0.932 bits per heavy atom. The van der Waals surface area contributed by atoms with Crippen molar-refractivity contribution in [1.82, 2.24) is 14.0 Å². The van der Waals surface area contributed by atoms with Gasteiger partial charge in [-0.05, 0) is 54.5 Å². The van der Waals surface area contributed by atoms with Gasteiger partial charge in [0.05, 0.1) is 24.6 Å². The van der Waals surface area contributed by atoms with Gasteiger partial charge in [-0.1, -0.05) is 42.5 Å². The Morgan fingerprint density at radius 2 is 1.66 bits per heavy atom. The van der Waals surface area contributed by atoms with Gasteiger partial charge in [0.2, 0.25) is 6.41 Å². The van der Waals surface area contributed by atoms with E-state index in [1.54, 1.807) is 18.1 Å². The molecular weight excluding hydrogens is 575 g/mol. The first-order chi connectivity index (χ1) is 21.4. The molecular formula is C33H34F3N3O5. The van der Waals surface area contributed by atoms with E-state index in [0.717, 1.165) is 41.5 Å². The first-order valence-electron chi connectivity index (χ1n) is 14.5. The summed E-state index contributed by atoms with van der Waals surface area (Å²) in [6, 6.07) is 17.3.